The van der Waals surface area contributed by atoms with Gasteiger partial charge in [-0.2, -0.15) is 0 Å². The molecule has 0 radical (unpaired) electrons. The molecule has 0 saturated heterocycles. The van der Waals surface area contributed by atoms with Crippen molar-refractivity contribution in [1.82, 2.24) is 0 Å². The molecule has 0 aromatic carbocycles. The number of carboxylic acid groups (broad SMARTS) is 3. The maximum absolute atomic E-state index is 10.1. The summed E-state index contributed by atoms with van der Waals surface area (Å²) < 4.78 is 0. The van der Waals surface area contributed by atoms with Gasteiger partial charge >= 0.3 is 22.4 Å². The molecule has 0 N–H and O–H groups in total. The molecule has 0 aliphatic carbocycles. The van der Waals surface area contributed by atoms with Gasteiger partial charge in [0.1, 0.15) is 0 Å². The van der Waals surface area contributed by atoms with Gasteiger partial charge in [0.25, 0.3) is 0 Å². The summed E-state index contributed by atoms with van der Waals surface area (Å²) in [5.41, 5.74) is 0. The van der Waals surface area contributed by atoms with Crippen LogP contribution in [0.25, 0.3) is 0 Å². The number of carbonyl (C=O) groups excluding carboxylic acids is 3. The Bertz CT molecular complexity index is 282. The molecule has 0 aliphatic heterocycles. The van der Waals surface area contributed by atoms with E-state index in [0.29, 0.717) is 38.5 Å². The van der Waals surface area contributed by atoms with E-state index in [0.717, 1.165) is 0 Å². The van der Waals surface area contributed by atoms with E-state index in [4.69, 9.17) is 0 Å². The molecule has 0 heterocycles. The molecule has 0 spiro atoms. The van der Waals surface area contributed by atoms with E-state index in [1.165, 1.54) is 0 Å². The van der Waals surface area contributed by atoms with E-state index >= 15 is 0 Å². The van der Waals surface area contributed by atoms with Gasteiger partial charge in [-0.25, -0.2) is 0 Å². The first-order valence-corrected chi connectivity index (χ1v) is 8.78. The average Bonchev–Trinajstić information content (AvgIpc) is 2.51. The Morgan fingerprint density at radius 1 is 0.520 bits per heavy atom. The quantitative estimate of drug-likeness (QED) is 0.484. The van der Waals surface area contributed by atoms with Crippen molar-refractivity contribution < 1.29 is 52.1 Å². The van der Waals surface area contributed by atoms with Crippen LogP contribution in [0.4, 0.5) is 0 Å². The molecule has 0 bridgehead atoms. The number of carboxylic acids is 3. The molecule has 0 atom stereocenters. The van der Waals surface area contributed by atoms with Crippen LogP contribution in [-0.4, -0.2) is 17.9 Å². The normalized spacial score (nSPS) is 9.48. The van der Waals surface area contributed by atoms with Crippen LogP contribution in [0.5, 0.6) is 0 Å². The Morgan fingerprint density at radius 2 is 0.640 bits per heavy atom. The first kappa shape index (κ1) is 31.9. The molecule has 146 valence electrons. The average molecular weight is 438 g/mol. The fourth-order valence-electron chi connectivity index (χ4n) is 1.87. The number of hydrogen-bond acceptors (Lipinski definition) is 6. The minimum absolute atomic E-state index is 0. The Balaban J connectivity index is -0.000000130. The fourth-order valence-corrected chi connectivity index (χ4v) is 1.87. The van der Waals surface area contributed by atoms with Crippen LogP contribution >= 0.6 is 0 Å². The van der Waals surface area contributed by atoms with Crippen LogP contribution < -0.4 is 15.3 Å². The van der Waals surface area contributed by atoms with E-state index in [1.54, 1.807) is 0 Å². The van der Waals surface area contributed by atoms with Gasteiger partial charge in [-0.1, -0.05) is 41.5 Å². The summed E-state index contributed by atoms with van der Waals surface area (Å²) in [4.78, 5) is 30.2. The molecule has 0 aliphatic rings. The van der Waals surface area contributed by atoms with Gasteiger partial charge in [0.05, 0.1) is 0 Å². The molecule has 0 amide bonds. The summed E-state index contributed by atoms with van der Waals surface area (Å²) in [5.74, 6) is -3.49. The van der Waals surface area contributed by atoms with E-state index in [9.17, 15) is 29.7 Å². The topological polar surface area (TPSA) is 120 Å². The van der Waals surface area contributed by atoms with Gasteiger partial charge in [0.15, 0.2) is 0 Å². The van der Waals surface area contributed by atoms with Crippen molar-refractivity contribution in [3.63, 3.8) is 0 Å². The number of carbonyl (C=O) groups is 3. The van der Waals surface area contributed by atoms with E-state index in [2.05, 4.69) is 0 Å². The summed E-state index contributed by atoms with van der Waals surface area (Å²) in [7, 11) is 0. The Morgan fingerprint density at radius 3 is 0.640 bits per heavy atom. The van der Waals surface area contributed by atoms with Gasteiger partial charge in [0, 0.05) is 17.9 Å². The van der Waals surface area contributed by atoms with Gasteiger partial charge in [-0.05, 0) is 56.3 Å². The Kier molecular flexibility index (Phi) is 27.0. The van der Waals surface area contributed by atoms with Crippen molar-refractivity contribution in [1.29, 1.82) is 0 Å². The van der Waals surface area contributed by atoms with Crippen LogP contribution in [0, 0.1) is 17.8 Å². The molecule has 6 nitrogen and oxygen atoms in total. The number of rotatable bonds is 9. The summed E-state index contributed by atoms with van der Waals surface area (Å²) >= 11 is 0. The summed E-state index contributed by atoms with van der Waals surface area (Å²) in [6.45, 7) is 11.1. The predicted octanol–water partition coefficient (Wildman–Crippen LogP) is 0.515. The van der Waals surface area contributed by atoms with Gasteiger partial charge in [-0.3, -0.25) is 0 Å². The van der Waals surface area contributed by atoms with Crippen molar-refractivity contribution in [3.8, 4) is 0 Å². The third kappa shape index (κ3) is 19.3. The van der Waals surface area contributed by atoms with Crippen molar-refractivity contribution in [3.05, 3.63) is 0 Å². The molecule has 0 aromatic rings. The molecule has 25 heavy (non-hydrogen) atoms. The van der Waals surface area contributed by atoms with Crippen LogP contribution in [0.2, 0.25) is 0 Å². The molecular formula is C18H33NbO6. The zero-order chi connectivity index (χ0) is 19.7. The minimum atomic E-state index is -0.921. The molecule has 0 aromatic heterocycles. The summed E-state index contributed by atoms with van der Waals surface area (Å²) in [5, 5.41) is 30.2. The second-order valence-electron chi connectivity index (χ2n) is 5.50. The van der Waals surface area contributed by atoms with Crippen LogP contribution in [0.15, 0.2) is 0 Å². The van der Waals surface area contributed by atoms with Crippen LogP contribution in [0.3, 0.4) is 0 Å². The van der Waals surface area contributed by atoms with Crippen LogP contribution in [-0.2, 0) is 36.8 Å². The summed E-state index contributed by atoms with van der Waals surface area (Å²) in [6, 6.07) is 0. The zero-order valence-electron chi connectivity index (χ0n) is 16.4. The Labute approximate surface area is 167 Å². The second-order valence-corrected chi connectivity index (χ2v) is 5.50. The maximum Gasteiger partial charge on any atom is 3.00 e. The first-order chi connectivity index (χ1) is 11.2. The van der Waals surface area contributed by atoms with Crippen LogP contribution in [0.1, 0.15) is 80.1 Å². The van der Waals surface area contributed by atoms with Crippen molar-refractivity contribution >= 4 is 17.9 Å². The third-order valence-electron chi connectivity index (χ3n) is 3.96. The van der Waals surface area contributed by atoms with Crippen molar-refractivity contribution in [2.45, 2.75) is 80.1 Å². The molecule has 0 saturated carbocycles. The summed E-state index contributed by atoms with van der Waals surface area (Å²) in [6.07, 6.45) is 4.08. The number of hydrogen-bond donors (Lipinski definition) is 0. The maximum atomic E-state index is 10.1. The minimum Gasteiger partial charge on any atom is -0.550 e. The molecular weight excluding hydrogens is 405 g/mol. The molecule has 0 unspecified atom stereocenters. The Hall–Kier alpha value is -0.850. The second kappa shape index (κ2) is 21.2. The van der Waals surface area contributed by atoms with Gasteiger partial charge in [0.2, 0.25) is 0 Å². The SMILES string of the molecule is CCC(CC)C(=O)[O-].CCC(CC)C(=O)[O-].CCC(CC)C(=O)[O-].[Nb+3]. The smallest absolute Gasteiger partial charge is 0.550 e. The van der Waals surface area contributed by atoms with E-state index in [1.807, 2.05) is 41.5 Å². The van der Waals surface area contributed by atoms with Crippen molar-refractivity contribution in [2.75, 3.05) is 0 Å². The molecule has 0 fully saturated rings. The largest absolute Gasteiger partial charge is 3.00 e. The third-order valence-corrected chi connectivity index (χ3v) is 3.96. The number of aliphatic carboxylic acids is 3. The van der Waals surface area contributed by atoms with E-state index < -0.39 is 17.9 Å². The zero-order valence-corrected chi connectivity index (χ0v) is 18.6. The van der Waals surface area contributed by atoms with E-state index in [-0.39, 0.29) is 40.1 Å². The first-order valence-electron chi connectivity index (χ1n) is 8.78. The van der Waals surface area contributed by atoms with Gasteiger partial charge in [-0.15, -0.1) is 0 Å². The monoisotopic (exact) mass is 438 g/mol. The van der Waals surface area contributed by atoms with Gasteiger partial charge < -0.3 is 29.7 Å². The predicted molar refractivity (Wildman–Crippen MR) is 87.2 cm³/mol. The molecule has 7 heteroatoms. The fraction of sp³-hybridized carbons (Fsp3) is 0.833. The van der Waals surface area contributed by atoms with Crippen molar-refractivity contribution in [2.24, 2.45) is 17.8 Å². The standard InChI is InChI=1S/3C6H12O2.Nb/c3*1-3-5(4-2)6(7)8;/h3*5H,3-4H2,1-2H3,(H,7,8);/q;;;+3/p-3. The molecule has 0 rings (SSSR count).